The molecule has 0 aliphatic carbocycles. The normalized spacial score (nSPS) is 15.4. The molecule has 1 aromatic carbocycles. The second-order valence-corrected chi connectivity index (χ2v) is 8.27. The zero-order valence-corrected chi connectivity index (χ0v) is 19.6. The van der Waals surface area contributed by atoms with Gasteiger partial charge in [-0.2, -0.15) is 5.10 Å². The van der Waals surface area contributed by atoms with E-state index in [1.54, 1.807) is 18.3 Å². The minimum absolute atomic E-state index is 0.157. The number of benzene rings is 1. The van der Waals surface area contributed by atoms with Crippen LogP contribution in [0.15, 0.2) is 61.2 Å². The molecule has 3 aromatic heterocycles. The van der Waals surface area contributed by atoms with Crippen LogP contribution in [-0.4, -0.2) is 63.1 Å². The van der Waals surface area contributed by atoms with Gasteiger partial charge in [-0.05, 0) is 42.3 Å². The molecular formula is C25H25N9O2. The van der Waals surface area contributed by atoms with Crippen LogP contribution < -0.4 is 15.5 Å². The monoisotopic (exact) mass is 483 g/mol. The Kier molecular flexibility index (Phi) is 6.63. The number of H-pyrrole nitrogens is 1. The van der Waals surface area contributed by atoms with Gasteiger partial charge >= 0.3 is 0 Å². The molecule has 1 atom stereocenters. The van der Waals surface area contributed by atoms with Gasteiger partial charge in [-0.1, -0.05) is 12.1 Å². The SMILES string of the molecule is C[C@@H]1COCCN1c1cc(-c2ccc(NC(=O)c3ccncn3)cc2)c(C=N)c(Nc2ccn[nH]2)n1. The maximum Gasteiger partial charge on any atom is 0.274 e. The van der Waals surface area contributed by atoms with Crippen LogP contribution in [0.4, 0.5) is 23.1 Å². The van der Waals surface area contributed by atoms with Crippen LogP contribution in [0.5, 0.6) is 0 Å². The van der Waals surface area contributed by atoms with Crippen LogP contribution in [0.2, 0.25) is 0 Å². The average Bonchev–Trinajstić information content (AvgIpc) is 3.42. The van der Waals surface area contributed by atoms with Gasteiger partial charge < -0.3 is 25.7 Å². The van der Waals surface area contributed by atoms with Crippen molar-refractivity contribution < 1.29 is 9.53 Å². The number of carbonyl (C=O) groups is 1. The van der Waals surface area contributed by atoms with Crippen molar-refractivity contribution >= 4 is 35.3 Å². The second-order valence-electron chi connectivity index (χ2n) is 8.27. The van der Waals surface area contributed by atoms with Crippen molar-refractivity contribution in [3.8, 4) is 11.1 Å². The van der Waals surface area contributed by atoms with Crippen molar-refractivity contribution in [1.29, 1.82) is 5.41 Å². The summed E-state index contributed by atoms with van der Waals surface area (Å²) in [5.74, 6) is 1.69. The van der Waals surface area contributed by atoms with Gasteiger partial charge in [-0.15, -0.1) is 0 Å². The highest BCUT2D eigenvalue weighted by Gasteiger charge is 2.23. The average molecular weight is 484 g/mol. The van der Waals surface area contributed by atoms with Gasteiger partial charge in [-0.25, -0.2) is 15.0 Å². The van der Waals surface area contributed by atoms with Gasteiger partial charge in [0.1, 0.15) is 29.5 Å². The van der Waals surface area contributed by atoms with E-state index in [9.17, 15) is 4.79 Å². The minimum atomic E-state index is -0.316. The molecule has 4 aromatic rings. The van der Waals surface area contributed by atoms with Crippen LogP contribution >= 0.6 is 0 Å². The van der Waals surface area contributed by atoms with Crippen molar-refractivity contribution in [3.05, 3.63) is 72.4 Å². The lowest BCUT2D eigenvalue weighted by Gasteiger charge is -2.35. The zero-order valence-electron chi connectivity index (χ0n) is 19.6. The Morgan fingerprint density at radius 1 is 1.22 bits per heavy atom. The Labute approximate surface area is 207 Å². The van der Waals surface area contributed by atoms with E-state index >= 15 is 0 Å². The number of morpholine rings is 1. The van der Waals surface area contributed by atoms with Crippen LogP contribution in [-0.2, 0) is 4.74 Å². The van der Waals surface area contributed by atoms with Gasteiger partial charge in [0.2, 0.25) is 0 Å². The van der Waals surface area contributed by atoms with Gasteiger partial charge in [0.25, 0.3) is 5.91 Å². The van der Waals surface area contributed by atoms with E-state index in [0.717, 1.165) is 23.5 Å². The Bertz CT molecular complexity index is 1340. The number of pyridine rings is 1. The van der Waals surface area contributed by atoms with Crippen molar-refractivity contribution in [2.24, 2.45) is 0 Å². The summed E-state index contributed by atoms with van der Waals surface area (Å²) in [6.45, 7) is 4.06. The summed E-state index contributed by atoms with van der Waals surface area (Å²) >= 11 is 0. The van der Waals surface area contributed by atoms with Crippen molar-refractivity contribution in [2.45, 2.75) is 13.0 Å². The fourth-order valence-corrected chi connectivity index (χ4v) is 4.04. The molecule has 1 amide bonds. The summed E-state index contributed by atoms with van der Waals surface area (Å²) in [7, 11) is 0. The van der Waals surface area contributed by atoms with Gasteiger partial charge in [0.15, 0.2) is 0 Å². The highest BCUT2D eigenvalue weighted by atomic mass is 16.5. The molecule has 0 radical (unpaired) electrons. The number of hydrogen-bond donors (Lipinski definition) is 4. The number of carbonyl (C=O) groups excluding carboxylic acids is 1. The molecule has 11 nitrogen and oxygen atoms in total. The van der Waals surface area contributed by atoms with Gasteiger partial charge in [0, 0.05) is 36.3 Å². The van der Waals surface area contributed by atoms with E-state index in [4.69, 9.17) is 15.1 Å². The van der Waals surface area contributed by atoms with Crippen molar-refractivity contribution in [3.63, 3.8) is 0 Å². The third-order valence-electron chi connectivity index (χ3n) is 5.87. The largest absolute Gasteiger partial charge is 0.377 e. The third kappa shape index (κ3) is 4.91. The lowest BCUT2D eigenvalue weighted by Crippen LogP contribution is -2.44. The molecule has 1 aliphatic heterocycles. The zero-order chi connectivity index (χ0) is 24.9. The predicted molar refractivity (Wildman–Crippen MR) is 137 cm³/mol. The molecule has 5 rings (SSSR count). The molecule has 1 fully saturated rings. The second kappa shape index (κ2) is 10.3. The highest BCUT2D eigenvalue weighted by molar-refractivity contribution is 6.03. The molecule has 11 heteroatoms. The first-order chi connectivity index (χ1) is 17.6. The first-order valence-corrected chi connectivity index (χ1v) is 11.5. The van der Waals surface area contributed by atoms with E-state index in [1.165, 1.54) is 18.7 Å². The number of anilines is 4. The highest BCUT2D eigenvalue weighted by Crippen LogP contribution is 2.34. The van der Waals surface area contributed by atoms with Crippen LogP contribution in [0.25, 0.3) is 11.1 Å². The molecule has 0 spiro atoms. The Hall–Kier alpha value is -4.64. The predicted octanol–water partition coefficient (Wildman–Crippen LogP) is 3.48. The molecule has 0 unspecified atom stereocenters. The topological polar surface area (TPSA) is 145 Å². The molecule has 0 bridgehead atoms. The van der Waals surface area contributed by atoms with E-state index in [-0.39, 0.29) is 17.6 Å². The van der Waals surface area contributed by atoms with Gasteiger partial charge in [0.05, 0.1) is 25.5 Å². The number of hydrogen-bond acceptors (Lipinski definition) is 9. The van der Waals surface area contributed by atoms with Crippen molar-refractivity contribution in [2.75, 3.05) is 35.3 Å². The molecule has 1 saturated heterocycles. The number of nitrogens with zero attached hydrogens (tertiary/aromatic N) is 5. The molecule has 4 heterocycles. The summed E-state index contributed by atoms with van der Waals surface area (Å²) in [4.78, 5) is 27.3. The number of rotatable bonds is 7. The number of aromatic amines is 1. The minimum Gasteiger partial charge on any atom is -0.377 e. The summed E-state index contributed by atoms with van der Waals surface area (Å²) in [5, 5.41) is 21.1. The molecule has 36 heavy (non-hydrogen) atoms. The van der Waals surface area contributed by atoms with E-state index in [0.29, 0.717) is 36.1 Å². The summed E-state index contributed by atoms with van der Waals surface area (Å²) in [5.41, 5.74) is 3.26. The van der Waals surface area contributed by atoms with E-state index in [2.05, 4.69) is 42.6 Å². The molecule has 4 N–H and O–H groups in total. The number of aromatic nitrogens is 5. The third-order valence-corrected chi connectivity index (χ3v) is 5.87. The lowest BCUT2D eigenvalue weighted by molar-refractivity contribution is 0.0985. The summed E-state index contributed by atoms with van der Waals surface area (Å²) in [6, 6.07) is 13.0. The fourth-order valence-electron chi connectivity index (χ4n) is 4.04. The molecule has 0 saturated carbocycles. The van der Waals surface area contributed by atoms with E-state index < -0.39 is 0 Å². The number of amides is 1. The molecular weight excluding hydrogens is 458 g/mol. The van der Waals surface area contributed by atoms with E-state index in [1.807, 2.05) is 30.3 Å². The standard InChI is InChI=1S/C25H25N9O2/c1-16-14-36-11-10-34(16)23-12-19(20(13-26)24(32-23)31-22-7-9-29-33-22)17-2-4-18(5-3-17)30-25(35)21-6-8-27-15-28-21/h2-9,12-13,15-16,26H,10-11,14H2,1H3,(H,30,35)(H2,29,31,32,33)/t16-/m1/s1. The number of ether oxygens (including phenoxy) is 1. The van der Waals surface area contributed by atoms with Gasteiger partial charge in [-0.3, -0.25) is 9.89 Å². The smallest absolute Gasteiger partial charge is 0.274 e. The molecule has 1 aliphatic rings. The fraction of sp³-hybridized carbons (Fsp3) is 0.200. The molecule has 182 valence electrons. The first-order valence-electron chi connectivity index (χ1n) is 11.5. The number of nitrogens with one attached hydrogen (secondary N) is 4. The summed E-state index contributed by atoms with van der Waals surface area (Å²) < 4.78 is 5.61. The Morgan fingerprint density at radius 3 is 2.78 bits per heavy atom. The maximum atomic E-state index is 12.4. The summed E-state index contributed by atoms with van der Waals surface area (Å²) in [6.07, 6.45) is 5.80. The maximum absolute atomic E-state index is 12.4. The van der Waals surface area contributed by atoms with Crippen LogP contribution in [0.3, 0.4) is 0 Å². The van der Waals surface area contributed by atoms with Crippen molar-refractivity contribution in [1.82, 2.24) is 25.1 Å². The Balaban J connectivity index is 1.50. The van der Waals surface area contributed by atoms with Crippen LogP contribution in [0, 0.1) is 5.41 Å². The Morgan fingerprint density at radius 2 is 2.08 bits per heavy atom. The first kappa shape index (κ1) is 23.1. The van der Waals surface area contributed by atoms with Crippen LogP contribution in [0.1, 0.15) is 23.0 Å². The lowest BCUT2D eigenvalue weighted by atomic mass is 10.00. The quantitative estimate of drug-likeness (QED) is 0.292.